The number of terminal acetylenes is 1. The van der Waals surface area contributed by atoms with Gasteiger partial charge in [0.25, 0.3) is 5.91 Å². The van der Waals surface area contributed by atoms with Gasteiger partial charge in [0.05, 0.1) is 12.1 Å². The Labute approximate surface area is 126 Å². The number of amides is 1. The zero-order valence-electron chi connectivity index (χ0n) is 11.7. The first-order valence-electron chi connectivity index (χ1n) is 6.56. The van der Waals surface area contributed by atoms with Crippen LogP contribution in [0.4, 0.5) is 0 Å². The van der Waals surface area contributed by atoms with E-state index in [-0.39, 0.29) is 18.5 Å². The highest BCUT2D eigenvalue weighted by Crippen LogP contribution is 2.09. The number of rotatable bonds is 5. The van der Waals surface area contributed by atoms with Gasteiger partial charge in [0.15, 0.2) is 12.0 Å². The molecular weight excluding hydrogens is 284 g/mol. The summed E-state index contributed by atoms with van der Waals surface area (Å²) >= 11 is 0. The van der Waals surface area contributed by atoms with Gasteiger partial charge < -0.3 is 14.6 Å². The molecule has 0 bridgehead atoms. The lowest BCUT2D eigenvalue weighted by molar-refractivity contribution is -0.149. The number of ether oxygens (including phenoxy) is 1. The number of pyridine rings is 1. The van der Waals surface area contributed by atoms with Crippen LogP contribution in [0.1, 0.15) is 0 Å². The van der Waals surface area contributed by atoms with Gasteiger partial charge in [0, 0.05) is 17.6 Å². The van der Waals surface area contributed by atoms with Gasteiger partial charge in [0.1, 0.15) is 6.54 Å². The lowest BCUT2D eigenvalue weighted by atomic mass is 10.2. The van der Waals surface area contributed by atoms with Gasteiger partial charge >= 0.3 is 5.97 Å². The Balaban J connectivity index is 2.04. The topological polar surface area (TPSA) is 77.4 Å². The number of carbonyl (C=O) groups is 2. The van der Waals surface area contributed by atoms with E-state index in [0.717, 1.165) is 0 Å². The molecular formula is C16H14N2O4. The molecule has 0 saturated heterocycles. The first kappa shape index (κ1) is 15.3. The van der Waals surface area contributed by atoms with E-state index >= 15 is 0 Å². The first-order valence-corrected chi connectivity index (χ1v) is 6.56. The number of aromatic nitrogens is 1. The van der Waals surface area contributed by atoms with Crippen molar-refractivity contribution in [3.63, 3.8) is 0 Å². The fourth-order valence-electron chi connectivity index (χ4n) is 1.93. The second-order valence-electron chi connectivity index (χ2n) is 4.47. The van der Waals surface area contributed by atoms with Gasteiger partial charge in [-0.1, -0.05) is 18.1 Å². The average molecular weight is 298 g/mol. The summed E-state index contributed by atoms with van der Waals surface area (Å²) in [6, 6.07) is 8.34. The minimum absolute atomic E-state index is 0.0841. The molecule has 1 aromatic carbocycles. The Kier molecular flexibility index (Phi) is 4.94. The lowest BCUT2D eigenvalue weighted by Crippen LogP contribution is -2.29. The van der Waals surface area contributed by atoms with Crippen molar-refractivity contribution in [1.29, 1.82) is 0 Å². The summed E-state index contributed by atoms with van der Waals surface area (Å²) in [6.45, 7) is -0.400. The van der Waals surface area contributed by atoms with E-state index in [2.05, 4.69) is 11.2 Å². The van der Waals surface area contributed by atoms with Crippen molar-refractivity contribution < 1.29 is 14.3 Å². The fraction of sp³-hybridized carbons (Fsp3) is 0.188. The van der Waals surface area contributed by atoms with Crippen molar-refractivity contribution in [2.24, 2.45) is 0 Å². The summed E-state index contributed by atoms with van der Waals surface area (Å²) in [4.78, 5) is 34.8. The van der Waals surface area contributed by atoms with Crippen LogP contribution in [-0.2, 0) is 20.9 Å². The molecule has 0 spiro atoms. The Hall–Kier alpha value is -3.07. The molecule has 22 heavy (non-hydrogen) atoms. The number of para-hydroxylation sites is 1. The van der Waals surface area contributed by atoms with Crippen LogP contribution < -0.4 is 10.7 Å². The molecule has 6 heteroatoms. The largest absolute Gasteiger partial charge is 0.454 e. The molecule has 0 atom stereocenters. The van der Waals surface area contributed by atoms with Crippen molar-refractivity contribution in [3.8, 4) is 12.3 Å². The summed E-state index contributed by atoms with van der Waals surface area (Å²) in [5, 5.41) is 2.91. The molecule has 2 rings (SSSR count). The van der Waals surface area contributed by atoms with Crippen molar-refractivity contribution in [3.05, 3.63) is 46.8 Å². The lowest BCUT2D eigenvalue weighted by Gasteiger charge is -2.10. The molecule has 0 aliphatic rings. The number of esters is 1. The van der Waals surface area contributed by atoms with Crippen LogP contribution in [0.2, 0.25) is 0 Å². The number of hydrogen-bond donors (Lipinski definition) is 1. The van der Waals surface area contributed by atoms with E-state index in [1.165, 1.54) is 12.3 Å². The quantitative estimate of drug-likeness (QED) is 0.636. The molecule has 112 valence electrons. The number of nitrogens with zero attached hydrogens (tertiary/aromatic N) is 1. The van der Waals surface area contributed by atoms with Gasteiger partial charge in [0.2, 0.25) is 0 Å². The monoisotopic (exact) mass is 298 g/mol. The Morgan fingerprint density at radius 1 is 1.27 bits per heavy atom. The molecule has 6 nitrogen and oxygen atoms in total. The van der Waals surface area contributed by atoms with Crippen LogP contribution in [0.5, 0.6) is 0 Å². The minimum Gasteiger partial charge on any atom is -0.454 e. The number of fused-ring (bicyclic) bond motifs is 1. The van der Waals surface area contributed by atoms with E-state index < -0.39 is 18.5 Å². The maximum Gasteiger partial charge on any atom is 0.326 e. The second kappa shape index (κ2) is 7.09. The maximum atomic E-state index is 11.8. The summed E-state index contributed by atoms with van der Waals surface area (Å²) in [6.07, 6.45) is 6.52. The minimum atomic E-state index is -0.579. The second-order valence-corrected chi connectivity index (χ2v) is 4.47. The van der Waals surface area contributed by atoms with Gasteiger partial charge in [-0.25, -0.2) is 0 Å². The first-order chi connectivity index (χ1) is 10.6. The highest BCUT2D eigenvalue weighted by molar-refractivity contribution is 5.82. The Morgan fingerprint density at radius 2 is 2.05 bits per heavy atom. The third kappa shape index (κ3) is 3.73. The molecule has 0 aliphatic carbocycles. The number of carbonyl (C=O) groups excluding carboxylic acids is 2. The highest BCUT2D eigenvalue weighted by atomic mass is 16.5. The molecule has 0 saturated carbocycles. The van der Waals surface area contributed by atoms with E-state index in [0.29, 0.717) is 10.9 Å². The van der Waals surface area contributed by atoms with E-state index in [4.69, 9.17) is 11.2 Å². The molecule has 1 heterocycles. The molecule has 0 aliphatic heterocycles. The van der Waals surface area contributed by atoms with E-state index in [1.807, 2.05) is 0 Å². The molecule has 0 radical (unpaired) electrons. The number of nitrogens with one attached hydrogen (secondary N) is 1. The molecule has 0 unspecified atom stereocenters. The summed E-state index contributed by atoms with van der Waals surface area (Å²) in [5.41, 5.74) is 0.512. The normalized spacial score (nSPS) is 9.95. The van der Waals surface area contributed by atoms with Crippen molar-refractivity contribution >= 4 is 22.8 Å². The average Bonchev–Trinajstić information content (AvgIpc) is 2.54. The van der Waals surface area contributed by atoms with Crippen LogP contribution in [0.15, 0.2) is 41.3 Å². The molecule has 2 aromatic rings. The molecule has 1 amide bonds. The zero-order valence-corrected chi connectivity index (χ0v) is 11.7. The van der Waals surface area contributed by atoms with Gasteiger partial charge in [-0.05, 0) is 12.1 Å². The van der Waals surface area contributed by atoms with Gasteiger partial charge in [-0.15, -0.1) is 6.42 Å². The zero-order chi connectivity index (χ0) is 15.9. The van der Waals surface area contributed by atoms with Crippen molar-refractivity contribution in [2.45, 2.75) is 6.54 Å². The highest BCUT2D eigenvalue weighted by Gasteiger charge is 2.09. The van der Waals surface area contributed by atoms with E-state index in [9.17, 15) is 14.4 Å². The van der Waals surface area contributed by atoms with Crippen LogP contribution in [0.25, 0.3) is 10.9 Å². The molecule has 1 aromatic heterocycles. The predicted molar refractivity (Wildman–Crippen MR) is 81.0 cm³/mol. The summed E-state index contributed by atoms with van der Waals surface area (Å²) in [5.74, 6) is 1.20. The van der Waals surface area contributed by atoms with Crippen LogP contribution >= 0.6 is 0 Å². The third-order valence-corrected chi connectivity index (χ3v) is 2.94. The summed E-state index contributed by atoms with van der Waals surface area (Å²) in [7, 11) is 0. The van der Waals surface area contributed by atoms with Gasteiger partial charge in [-0.3, -0.25) is 14.4 Å². The van der Waals surface area contributed by atoms with Crippen molar-refractivity contribution in [2.75, 3.05) is 13.2 Å². The SMILES string of the molecule is C#CCNC(=O)COC(=O)Cn1ccc(=O)c2ccccc21. The Morgan fingerprint density at radius 3 is 2.82 bits per heavy atom. The van der Waals surface area contributed by atoms with Crippen LogP contribution in [0, 0.1) is 12.3 Å². The number of hydrogen-bond acceptors (Lipinski definition) is 4. The molecule has 0 fully saturated rings. The standard InChI is InChI=1S/C16H14N2O4/c1-2-8-17-15(20)11-22-16(21)10-18-9-7-14(19)12-5-3-4-6-13(12)18/h1,3-7,9H,8,10-11H2,(H,17,20). The van der Waals surface area contributed by atoms with Gasteiger partial charge in [-0.2, -0.15) is 0 Å². The van der Waals surface area contributed by atoms with Crippen LogP contribution in [0.3, 0.4) is 0 Å². The van der Waals surface area contributed by atoms with Crippen molar-refractivity contribution in [1.82, 2.24) is 9.88 Å². The van der Waals surface area contributed by atoms with E-state index in [1.54, 1.807) is 28.8 Å². The smallest absolute Gasteiger partial charge is 0.326 e. The number of benzene rings is 1. The molecule has 1 N–H and O–H groups in total. The summed E-state index contributed by atoms with van der Waals surface area (Å²) < 4.78 is 6.46. The Bertz CT molecular complexity index is 802. The maximum absolute atomic E-state index is 11.8. The third-order valence-electron chi connectivity index (χ3n) is 2.94. The predicted octanol–water partition coefficient (Wildman–Crippen LogP) is 0.294. The van der Waals surface area contributed by atoms with Crippen LogP contribution in [-0.4, -0.2) is 29.6 Å². The fourth-order valence-corrected chi connectivity index (χ4v) is 1.93.